The molecule has 0 aromatic rings. The summed E-state index contributed by atoms with van der Waals surface area (Å²) in [5, 5.41) is 0. The molecule has 2 atom stereocenters. The number of unbranched alkanes of at least 4 members (excludes halogenated alkanes) is 6. The van der Waals surface area contributed by atoms with Crippen molar-refractivity contribution in [1.29, 1.82) is 0 Å². The maximum Gasteiger partial charge on any atom is 0.310 e. The van der Waals surface area contributed by atoms with Gasteiger partial charge in [0.05, 0.1) is 6.61 Å². The van der Waals surface area contributed by atoms with Crippen LogP contribution in [0.25, 0.3) is 0 Å². The summed E-state index contributed by atoms with van der Waals surface area (Å²) in [4.78, 5) is 0. The van der Waals surface area contributed by atoms with Gasteiger partial charge in [-0.1, -0.05) is 58.8 Å². The summed E-state index contributed by atoms with van der Waals surface area (Å²) < 4.78 is 23.0. The van der Waals surface area contributed by atoms with E-state index in [9.17, 15) is 0 Å². The molecule has 0 aliphatic carbocycles. The SMILES string of the molecule is CCCCCCCCC(OC)C(OC)(OCC)OCCCC. The van der Waals surface area contributed by atoms with Gasteiger partial charge >= 0.3 is 5.97 Å². The minimum Gasteiger partial charge on any atom is -0.373 e. The first-order chi connectivity index (χ1) is 10.7. The maximum absolute atomic E-state index is 5.94. The molecule has 0 fully saturated rings. The van der Waals surface area contributed by atoms with Gasteiger partial charge in [0.1, 0.15) is 6.10 Å². The van der Waals surface area contributed by atoms with Gasteiger partial charge in [-0.05, 0) is 19.8 Å². The molecule has 134 valence electrons. The van der Waals surface area contributed by atoms with Crippen LogP contribution in [0, 0.1) is 0 Å². The molecule has 22 heavy (non-hydrogen) atoms. The molecule has 4 heteroatoms. The summed E-state index contributed by atoms with van der Waals surface area (Å²) >= 11 is 0. The van der Waals surface area contributed by atoms with E-state index in [1.165, 1.54) is 32.1 Å². The zero-order chi connectivity index (χ0) is 16.7. The Morgan fingerprint density at radius 2 is 1.41 bits per heavy atom. The van der Waals surface area contributed by atoms with E-state index in [-0.39, 0.29) is 6.10 Å². The Hall–Kier alpha value is -0.160. The van der Waals surface area contributed by atoms with Crippen LogP contribution in [0.3, 0.4) is 0 Å². The zero-order valence-corrected chi connectivity index (χ0v) is 15.5. The molecule has 0 radical (unpaired) electrons. The van der Waals surface area contributed by atoms with Crippen LogP contribution in [-0.4, -0.2) is 39.5 Å². The normalized spacial score (nSPS) is 15.7. The molecule has 0 N–H and O–H groups in total. The Kier molecular flexibility index (Phi) is 14.3. The minimum absolute atomic E-state index is 0.194. The maximum atomic E-state index is 5.94. The summed E-state index contributed by atoms with van der Waals surface area (Å²) in [6, 6.07) is 0. The Bertz CT molecular complexity index is 235. The van der Waals surface area contributed by atoms with Crippen LogP contribution >= 0.6 is 0 Å². The summed E-state index contributed by atoms with van der Waals surface area (Å²) in [7, 11) is 3.34. The molecule has 0 rings (SSSR count). The van der Waals surface area contributed by atoms with Gasteiger partial charge in [0.2, 0.25) is 0 Å². The zero-order valence-electron chi connectivity index (χ0n) is 15.5. The van der Waals surface area contributed by atoms with Gasteiger partial charge in [-0.3, -0.25) is 0 Å². The second kappa shape index (κ2) is 14.4. The molecule has 4 nitrogen and oxygen atoms in total. The average molecular weight is 318 g/mol. The first-order valence-electron chi connectivity index (χ1n) is 9.06. The van der Waals surface area contributed by atoms with Crippen LogP contribution in [0.15, 0.2) is 0 Å². The summed E-state index contributed by atoms with van der Waals surface area (Å²) in [5.41, 5.74) is 0. The van der Waals surface area contributed by atoms with Crippen molar-refractivity contribution in [2.24, 2.45) is 0 Å². The Labute approximate surface area is 137 Å². The van der Waals surface area contributed by atoms with Crippen LogP contribution < -0.4 is 0 Å². The first-order valence-corrected chi connectivity index (χ1v) is 9.06. The number of methoxy groups -OCH3 is 2. The third kappa shape index (κ3) is 8.47. The van der Waals surface area contributed by atoms with E-state index in [0.717, 1.165) is 25.7 Å². The number of rotatable bonds is 16. The van der Waals surface area contributed by atoms with Crippen LogP contribution in [0.1, 0.15) is 78.6 Å². The van der Waals surface area contributed by atoms with Crippen LogP contribution in [-0.2, 0) is 18.9 Å². The van der Waals surface area contributed by atoms with E-state index < -0.39 is 5.97 Å². The van der Waals surface area contributed by atoms with Crippen molar-refractivity contribution >= 4 is 0 Å². The highest BCUT2D eigenvalue weighted by molar-refractivity contribution is 4.72. The molecule has 0 aromatic carbocycles. The Morgan fingerprint density at radius 3 is 1.95 bits per heavy atom. The Morgan fingerprint density at radius 1 is 0.773 bits per heavy atom. The molecule has 0 spiro atoms. The lowest BCUT2D eigenvalue weighted by molar-refractivity contribution is -0.407. The molecule has 0 saturated carbocycles. The van der Waals surface area contributed by atoms with Crippen LogP contribution in [0.5, 0.6) is 0 Å². The highest BCUT2D eigenvalue weighted by atomic mass is 16.9. The highest BCUT2D eigenvalue weighted by Crippen LogP contribution is 2.26. The van der Waals surface area contributed by atoms with Gasteiger partial charge in [0, 0.05) is 20.8 Å². The molecule has 0 heterocycles. The monoisotopic (exact) mass is 318 g/mol. The summed E-state index contributed by atoms with van der Waals surface area (Å²) in [5.74, 6) is -1.07. The van der Waals surface area contributed by atoms with E-state index in [1.807, 2.05) is 6.92 Å². The fourth-order valence-electron chi connectivity index (χ4n) is 2.59. The quantitative estimate of drug-likeness (QED) is 0.299. The molecular weight excluding hydrogens is 280 g/mol. The van der Waals surface area contributed by atoms with E-state index >= 15 is 0 Å². The van der Waals surface area contributed by atoms with Crippen LogP contribution in [0.2, 0.25) is 0 Å². The minimum atomic E-state index is -1.07. The summed E-state index contributed by atoms with van der Waals surface area (Å²) in [6.45, 7) is 7.50. The fraction of sp³-hybridized carbons (Fsp3) is 1.00. The molecule has 0 bridgehead atoms. The predicted octanol–water partition coefficient (Wildman–Crippen LogP) is 4.91. The van der Waals surface area contributed by atoms with Gasteiger partial charge < -0.3 is 18.9 Å². The summed E-state index contributed by atoms with van der Waals surface area (Å²) in [6.07, 6.45) is 10.3. The van der Waals surface area contributed by atoms with E-state index in [0.29, 0.717) is 13.2 Å². The van der Waals surface area contributed by atoms with Gasteiger partial charge in [-0.15, -0.1) is 0 Å². The lowest BCUT2D eigenvalue weighted by Crippen LogP contribution is -2.50. The molecule has 0 aliphatic heterocycles. The van der Waals surface area contributed by atoms with Gasteiger partial charge in [-0.2, -0.15) is 0 Å². The fourth-order valence-corrected chi connectivity index (χ4v) is 2.59. The van der Waals surface area contributed by atoms with E-state index in [4.69, 9.17) is 18.9 Å². The Balaban J connectivity index is 4.41. The smallest absolute Gasteiger partial charge is 0.310 e. The number of hydrogen-bond acceptors (Lipinski definition) is 4. The van der Waals surface area contributed by atoms with E-state index in [2.05, 4.69) is 13.8 Å². The van der Waals surface area contributed by atoms with Crippen molar-refractivity contribution in [2.45, 2.75) is 90.6 Å². The van der Waals surface area contributed by atoms with Gasteiger partial charge in [-0.25, -0.2) is 0 Å². The third-order valence-electron chi connectivity index (χ3n) is 3.93. The first kappa shape index (κ1) is 21.8. The van der Waals surface area contributed by atoms with Crippen molar-refractivity contribution in [3.8, 4) is 0 Å². The van der Waals surface area contributed by atoms with Crippen molar-refractivity contribution in [2.75, 3.05) is 27.4 Å². The lowest BCUT2D eigenvalue weighted by atomic mass is 10.1. The molecule has 0 aromatic heterocycles. The number of hydrogen-bond donors (Lipinski definition) is 0. The van der Waals surface area contributed by atoms with Crippen molar-refractivity contribution in [3.05, 3.63) is 0 Å². The number of ether oxygens (including phenoxy) is 4. The molecule has 0 amide bonds. The second-order valence-corrected chi connectivity index (χ2v) is 5.72. The molecule has 2 unspecified atom stereocenters. The topological polar surface area (TPSA) is 36.9 Å². The standard InChI is InChI=1S/C18H38O4/c1-6-9-11-12-13-14-15-17(19-4)18(20-5,21-8-3)22-16-10-7-2/h17H,6-16H2,1-5H3. The molecular formula is C18H38O4. The lowest BCUT2D eigenvalue weighted by Gasteiger charge is -2.37. The van der Waals surface area contributed by atoms with Crippen molar-refractivity contribution in [1.82, 2.24) is 0 Å². The highest BCUT2D eigenvalue weighted by Gasteiger charge is 2.41. The third-order valence-corrected chi connectivity index (χ3v) is 3.93. The van der Waals surface area contributed by atoms with Crippen molar-refractivity contribution in [3.63, 3.8) is 0 Å². The van der Waals surface area contributed by atoms with Gasteiger partial charge in [0.25, 0.3) is 0 Å². The second-order valence-electron chi connectivity index (χ2n) is 5.72. The van der Waals surface area contributed by atoms with Crippen molar-refractivity contribution < 1.29 is 18.9 Å². The largest absolute Gasteiger partial charge is 0.373 e. The van der Waals surface area contributed by atoms with Crippen LogP contribution in [0.4, 0.5) is 0 Å². The predicted molar refractivity (Wildman–Crippen MR) is 91.0 cm³/mol. The van der Waals surface area contributed by atoms with Gasteiger partial charge in [0.15, 0.2) is 0 Å². The molecule has 0 saturated heterocycles. The average Bonchev–Trinajstić information content (AvgIpc) is 2.54. The van der Waals surface area contributed by atoms with E-state index in [1.54, 1.807) is 14.2 Å². The molecule has 0 aliphatic rings.